The first kappa shape index (κ1) is 19.1. The number of methoxy groups -OCH3 is 1. The van der Waals surface area contributed by atoms with Crippen molar-refractivity contribution in [3.63, 3.8) is 0 Å². The highest BCUT2D eigenvalue weighted by Crippen LogP contribution is 1.99. The van der Waals surface area contributed by atoms with E-state index in [4.69, 9.17) is 4.74 Å². The maximum absolute atomic E-state index is 5.00. The number of aromatic nitrogens is 1. The molecule has 0 aromatic carbocycles. The monoisotopic (exact) mass is 392 g/mol. The highest BCUT2D eigenvalue weighted by atomic mass is 127. The lowest BCUT2D eigenvalue weighted by molar-refractivity contribution is 0.195. The Kier molecular flexibility index (Phi) is 11.4. The van der Waals surface area contributed by atoms with Crippen LogP contribution in [0.5, 0.6) is 0 Å². The van der Waals surface area contributed by atoms with Crippen LogP contribution < -0.4 is 10.6 Å². The summed E-state index contributed by atoms with van der Waals surface area (Å²) in [7, 11) is 3.49. The van der Waals surface area contributed by atoms with Gasteiger partial charge in [0.05, 0.1) is 0 Å². The molecular formula is C14H25IN4O. The quantitative estimate of drug-likeness (QED) is 0.321. The third-order valence-electron chi connectivity index (χ3n) is 2.72. The summed E-state index contributed by atoms with van der Waals surface area (Å²) < 4.78 is 5.00. The molecule has 0 unspecified atom stereocenters. The summed E-state index contributed by atoms with van der Waals surface area (Å²) in [4.78, 5) is 8.45. The molecule has 2 N–H and O–H groups in total. The van der Waals surface area contributed by atoms with E-state index in [-0.39, 0.29) is 24.0 Å². The predicted molar refractivity (Wildman–Crippen MR) is 94.0 cm³/mol. The zero-order valence-corrected chi connectivity index (χ0v) is 14.8. The Labute approximate surface area is 138 Å². The van der Waals surface area contributed by atoms with Crippen molar-refractivity contribution in [2.45, 2.75) is 19.8 Å². The van der Waals surface area contributed by atoms with Crippen LogP contribution in [-0.2, 0) is 11.2 Å². The fourth-order valence-corrected chi connectivity index (χ4v) is 1.62. The molecule has 1 aromatic heterocycles. The van der Waals surface area contributed by atoms with Gasteiger partial charge in [0.15, 0.2) is 5.96 Å². The Morgan fingerprint density at radius 2 is 2.05 bits per heavy atom. The molecule has 1 heterocycles. The zero-order valence-electron chi connectivity index (χ0n) is 12.5. The van der Waals surface area contributed by atoms with Crippen molar-refractivity contribution in [2.75, 3.05) is 33.9 Å². The molecule has 6 heteroatoms. The third-order valence-corrected chi connectivity index (χ3v) is 2.72. The van der Waals surface area contributed by atoms with E-state index in [1.54, 1.807) is 14.2 Å². The molecule has 0 bridgehead atoms. The molecule has 5 nitrogen and oxygen atoms in total. The van der Waals surface area contributed by atoms with Crippen LogP contribution in [0.25, 0.3) is 0 Å². The van der Waals surface area contributed by atoms with Gasteiger partial charge in [-0.25, -0.2) is 0 Å². The average molecular weight is 392 g/mol. The summed E-state index contributed by atoms with van der Waals surface area (Å²) in [5, 5.41) is 6.52. The summed E-state index contributed by atoms with van der Waals surface area (Å²) in [5.41, 5.74) is 2.28. The van der Waals surface area contributed by atoms with Gasteiger partial charge in [0.2, 0.25) is 0 Å². The number of pyridine rings is 1. The topological polar surface area (TPSA) is 58.5 Å². The number of halogens is 1. The van der Waals surface area contributed by atoms with Crippen molar-refractivity contribution in [3.8, 4) is 0 Å². The standard InChI is InChI=1S/C14H24N4O.HI/c1-12-5-6-13(11-18-12)7-9-17-14(15-2)16-8-4-10-19-3;/h5-6,11H,4,7-10H2,1-3H3,(H2,15,16,17);1H. The number of aliphatic imine (C=N–C) groups is 1. The van der Waals surface area contributed by atoms with Crippen LogP contribution in [0, 0.1) is 6.92 Å². The van der Waals surface area contributed by atoms with Gasteiger partial charge in [0, 0.05) is 45.7 Å². The number of nitrogens with one attached hydrogen (secondary N) is 2. The van der Waals surface area contributed by atoms with Crippen LogP contribution >= 0.6 is 24.0 Å². The van der Waals surface area contributed by atoms with E-state index in [2.05, 4.69) is 26.7 Å². The van der Waals surface area contributed by atoms with Crippen molar-refractivity contribution in [3.05, 3.63) is 29.6 Å². The number of hydrogen-bond donors (Lipinski definition) is 2. The minimum absolute atomic E-state index is 0. The van der Waals surface area contributed by atoms with E-state index in [9.17, 15) is 0 Å². The van der Waals surface area contributed by atoms with E-state index < -0.39 is 0 Å². The molecule has 1 rings (SSSR count). The number of aryl methyl sites for hydroxylation is 1. The number of ether oxygens (including phenoxy) is 1. The second kappa shape index (κ2) is 11.9. The van der Waals surface area contributed by atoms with Gasteiger partial charge < -0.3 is 15.4 Å². The van der Waals surface area contributed by atoms with E-state index in [1.807, 2.05) is 19.2 Å². The summed E-state index contributed by atoms with van der Waals surface area (Å²) in [6, 6.07) is 4.14. The van der Waals surface area contributed by atoms with Crippen LogP contribution in [-0.4, -0.2) is 44.8 Å². The lowest BCUT2D eigenvalue weighted by Crippen LogP contribution is -2.39. The first-order valence-electron chi connectivity index (χ1n) is 6.61. The molecular weight excluding hydrogens is 367 g/mol. The molecule has 0 aliphatic rings. The van der Waals surface area contributed by atoms with Crippen LogP contribution in [0.4, 0.5) is 0 Å². The molecule has 0 amide bonds. The number of nitrogens with zero attached hydrogens (tertiary/aromatic N) is 2. The van der Waals surface area contributed by atoms with Crippen LogP contribution in [0.1, 0.15) is 17.7 Å². The summed E-state index contributed by atoms with van der Waals surface area (Å²) in [6.45, 7) is 4.46. The number of rotatable bonds is 7. The molecule has 114 valence electrons. The lowest BCUT2D eigenvalue weighted by Gasteiger charge is -2.11. The number of guanidine groups is 1. The summed E-state index contributed by atoms with van der Waals surface area (Å²) in [6.07, 6.45) is 3.83. The van der Waals surface area contributed by atoms with Gasteiger partial charge in [-0.2, -0.15) is 0 Å². The van der Waals surface area contributed by atoms with Gasteiger partial charge in [0.25, 0.3) is 0 Å². The Balaban J connectivity index is 0.00000361. The Morgan fingerprint density at radius 1 is 1.30 bits per heavy atom. The second-order valence-corrected chi connectivity index (χ2v) is 4.33. The largest absolute Gasteiger partial charge is 0.385 e. The molecule has 1 aromatic rings. The minimum Gasteiger partial charge on any atom is -0.385 e. The van der Waals surface area contributed by atoms with Gasteiger partial charge >= 0.3 is 0 Å². The SMILES string of the molecule is CN=C(NCCCOC)NCCc1ccc(C)nc1.I. The minimum atomic E-state index is 0. The van der Waals surface area contributed by atoms with Gasteiger partial charge in [-0.15, -0.1) is 24.0 Å². The molecule has 0 radical (unpaired) electrons. The average Bonchev–Trinajstić information content (AvgIpc) is 2.43. The molecule has 20 heavy (non-hydrogen) atoms. The van der Waals surface area contributed by atoms with E-state index in [0.29, 0.717) is 0 Å². The highest BCUT2D eigenvalue weighted by molar-refractivity contribution is 14.0. The molecule has 0 aliphatic carbocycles. The van der Waals surface area contributed by atoms with E-state index in [0.717, 1.165) is 44.2 Å². The predicted octanol–water partition coefficient (Wildman–Crippen LogP) is 1.75. The Hall–Kier alpha value is -0.890. The van der Waals surface area contributed by atoms with E-state index in [1.165, 1.54) is 5.56 Å². The fraction of sp³-hybridized carbons (Fsp3) is 0.571. The van der Waals surface area contributed by atoms with E-state index >= 15 is 0 Å². The van der Waals surface area contributed by atoms with Gasteiger partial charge in [-0.3, -0.25) is 9.98 Å². The van der Waals surface area contributed by atoms with Crippen LogP contribution in [0.2, 0.25) is 0 Å². The molecule has 0 aliphatic heterocycles. The highest BCUT2D eigenvalue weighted by Gasteiger charge is 1.98. The lowest BCUT2D eigenvalue weighted by atomic mass is 10.2. The number of hydrogen-bond acceptors (Lipinski definition) is 3. The molecule has 0 saturated heterocycles. The third kappa shape index (κ3) is 8.31. The van der Waals surface area contributed by atoms with Crippen molar-refractivity contribution in [1.29, 1.82) is 0 Å². The normalized spacial score (nSPS) is 10.8. The van der Waals surface area contributed by atoms with Crippen molar-refractivity contribution >= 4 is 29.9 Å². The molecule has 0 saturated carbocycles. The zero-order chi connectivity index (χ0) is 13.9. The first-order chi connectivity index (χ1) is 9.26. The maximum Gasteiger partial charge on any atom is 0.190 e. The fourth-order valence-electron chi connectivity index (χ4n) is 1.62. The second-order valence-electron chi connectivity index (χ2n) is 4.33. The maximum atomic E-state index is 5.00. The Bertz CT molecular complexity index is 381. The van der Waals surface area contributed by atoms with Crippen molar-refractivity contribution < 1.29 is 4.74 Å². The summed E-state index contributed by atoms with van der Waals surface area (Å²) >= 11 is 0. The van der Waals surface area contributed by atoms with Gasteiger partial charge in [0.1, 0.15) is 0 Å². The van der Waals surface area contributed by atoms with Gasteiger partial charge in [-0.1, -0.05) is 6.07 Å². The van der Waals surface area contributed by atoms with Crippen LogP contribution in [0.3, 0.4) is 0 Å². The molecule has 0 fully saturated rings. The first-order valence-corrected chi connectivity index (χ1v) is 6.61. The van der Waals surface area contributed by atoms with Gasteiger partial charge in [-0.05, 0) is 31.4 Å². The van der Waals surface area contributed by atoms with Crippen molar-refractivity contribution in [1.82, 2.24) is 15.6 Å². The smallest absolute Gasteiger partial charge is 0.190 e. The molecule has 0 spiro atoms. The summed E-state index contributed by atoms with van der Waals surface area (Å²) in [5.74, 6) is 0.830. The molecule has 0 atom stereocenters. The Morgan fingerprint density at radius 3 is 2.65 bits per heavy atom. The van der Waals surface area contributed by atoms with Crippen molar-refractivity contribution in [2.24, 2.45) is 4.99 Å². The van der Waals surface area contributed by atoms with Crippen LogP contribution in [0.15, 0.2) is 23.3 Å².